The van der Waals surface area contributed by atoms with E-state index in [9.17, 15) is 5.11 Å². The van der Waals surface area contributed by atoms with Gasteiger partial charge in [-0.15, -0.1) is 0 Å². The Balaban J connectivity index is 1.48. The Morgan fingerprint density at radius 2 is 1.76 bits per heavy atom. The van der Waals surface area contributed by atoms with E-state index < -0.39 is 0 Å². The summed E-state index contributed by atoms with van der Waals surface area (Å²) in [5.41, 5.74) is 0.876. The Bertz CT molecular complexity index is 481. The molecule has 0 radical (unpaired) electrons. The lowest BCUT2D eigenvalue weighted by Gasteiger charge is -2.28. The molecule has 1 aliphatic carbocycles. The van der Waals surface area contributed by atoms with Gasteiger partial charge < -0.3 is 19.9 Å². The average molecular weight is 291 g/mol. The van der Waals surface area contributed by atoms with Gasteiger partial charge in [0.25, 0.3) is 0 Å². The first-order valence-corrected chi connectivity index (χ1v) is 8.08. The summed E-state index contributed by atoms with van der Waals surface area (Å²) in [6, 6.07) is 3.52. The Morgan fingerprint density at radius 1 is 1.10 bits per heavy atom. The maximum Gasteiger partial charge on any atom is 0.231 e. The monoisotopic (exact) mass is 291 g/mol. The summed E-state index contributed by atoms with van der Waals surface area (Å²) < 4.78 is 10.6. The van der Waals surface area contributed by atoms with Gasteiger partial charge in [-0.25, -0.2) is 0 Å². The van der Waals surface area contributed by atoms with Crippen molar-refractivity contribution >= 4 is 0 Å². The molecule has 0 aromatic heterocycles. The van der Waals surface area contributed by atoms with Crippen LogP contribution >= 0.6 is 0 Å². The van der Waals surface area contributed by atoms with E-state index in [0.717, 1.165) is 29.7 Å². The third-order valence-electron chi connectivity index (χ3n) is 4.87. The maximum absolute atomic E-state index is 10.0. The summed E-state index contributed by atoms with van der Waals surface area (Å²) in [7, 11) is 0. The van der Waals surface area contributed by atoms with E-state index in [1.54, 1.807) is 6.07 Å². The number of ether oxygens (including phenoxy) is 2. The van der Waals surface area contributed by atoms with Crippen LogP contribution in [-0.2, 0) is 6.54 Å². The number of hydrogen-bond acceptors (Lipinski definition) is 4. The number of hydrogen-bond donors (Lipinski definition) is 2. The fourth-order valence-electron chi connectivity index (χ4n) is 3.37. The van der Waals surface area contributed by atoms with Crippen LogP contribution in [0.5, 0.6) is 17.2 Å². The second kappa shape index (κ2) is 6.56. The molecule has 2 aliphatic rings. The summed E-state index contributed by atoms with van der Waals surface area (Å²) in [6.07, 6.45) is 6.73. The number of nitrogens with one attached hydrogen (secondary N) is 1. The number of rotatable bonds is 5. The molecule has 1 heterocycles. The van der Waals surface area contributed by atoms with Crippen LogP contribution in [0.3, 0.4) is 0 Å². The molecule has 4 heteroatoms. The molecular weight excluding hydrogens is 266 g/mol. The molecule has 1 aromatic carbocycles. The first-order chi connectivity index (χ1) is 10.3. The van der Waals surface area contributed by atoms with Gasteiger partial charge in [0.2, 0.25) is 6.79 Å². The van der Waals surface area contributed by atoms with Gasteiger partial charge in [0.05, 0.1) is 0 Å². The Kier molecular flexibility index (Phi) is 4.54. The fraction of sp³-hybridized carbons (Fsp3) is 0.647. The number of phenolic OH excluding ortho intramolecular Hbond substituents is 1. The molecule has 1 saturated carbocycles. The molecule has 3 rings (SSSR count). The molecule has 0 saturated heterocycles. The van der Waals surface area contributed by atoms with Crippen molar-refractivity contribution in [2.75, 3.05) is 13.3 Å². The molecule has 0 atom stereocenters. The van der Waals surface area contributed by atoms with Crippen LogP contribution in [0.4, 0.5) is 0 Å². The van der Waals surface area contributed by atoms with Crippen molar-refractivity contribution in [1.82, 2.24) is 5.32 Å². The second-order valence-corrected chi connectivity index (χ2v) is 6.26. The zero-order valence-electron chi connectivity index (χ0n) is 12.7. The second-order valence-electron chi connectivity index (χ2n) is 6.26. The van der Waals surface area contributed by atoms with Crippen molar-refractivity contribution in [3.8, 4) is 17.2 Å². The standard InChI is InChI=1S/C17H25NO3/c1-2-12-3-5-13(6-4-12)9-18-10-14-7-16-17(8-15(14)19)21-11-20-16/h7-8,12-13,18-19H,2-6,9-11H2,1H3. The molecule has 21 heavy (non-hydrogen) atoms. The van der Waals surface area contributed by atoms with E-state index in [-0.39, 0.29) is 12.5 Å². The highest BCUT2D eigenvalue weighted by Gasteiger charge is 2.20. The number of benzene rings is 1. The first kappa shape index (κ1) is 14.5. The van der Waals surface area contributed by atoms with Gasteiger partial charge >= 0.3 is 0 Å². The van der Waals surface area contributed by atoms with Gasteiger partial charge in [0, 0.05) is 18.2 Å². The minimum absolute atomic E-state index is 0.242. The highest BCUT2D eigenvalue weighted by Crippen LogP contribution is 2.37. The summed E-state index contributed by atoms with van der Waals surface area (Å²) in [6.45, 7) is 4.25. The van der Waals surface area contributed by atoms with Crippen LogP contribution in [0.15, 0.2) is 12.1 Å². The molecule has 0 bridgehead atoms. The molecule has 116 valence electrons. The van der Waals surface area contributed by atoms with Gasteiger partial charge in [-0.3, -0.25) is 0 Å². The summed E-state index contributed by atoms with van der Waals surface area (Å²) in [5.74, 6) is 3.37. The molecule has 1 aromatic rings. The molecule has 1 fully saturated rings. The lowest BCUT2D eigenvalue weighted by atomic mass is 9.81. The minimum Gasteiger partial charge on any atom is -0.507 e. The lowest BCUT2D eigenvalue weighted by molar-refractivity contribution is 0.174. The summed E-state index contributed by atoms with van der Waals surface area (Å²) in [4.78, 5) is 0. The first-order valence-electron chi connectivity index (χ1n) is 8.08. The van der Waals surface area contributed by atoms with Crippen LogP contribution < -0.4 is 14.8 Å². The van der Waals surface area contributed by atoms with Crippen LogP contribution in [0.25, 0.3) is 0 Å². The van der Waals surface area contributed by atoms with Crippen LogP contribution in [-0.4, -0.2) is 18.4 Å². The van der Waals surface area contributed by atoms with Crippen molar-refractivity contribution in [2.45, 2.75) is 45.6 Å². The van der Waals surface area contributed by atoms with Gasteiger partial charge in [0.15, 0.2) is 11.5 Å². The van der Waals surface area contributed by atoms with Crippen molar-refractivity contribution in [3.05, 3.63) is 17.7 Å². The smallest absolute Gasteiger partial charge is 0.231 e. The lowest BCUT2D eigenvalue weighted by Crippen LogP contribution is -2.26. The van der Waals surface area contributed by atoms with Crippen molar-refractivity contribution in [2.24, 2.45) is 11.8 Å². The van der Waals surface area contributed by atoms with Crippen molar-refractivity contribution in [1.29, 1.82) is 0 Å². The number of aromatic hydroxyl groups is 1. The Labute approximate surface area is 126 Å². The predicted molar refractivity (Wildman–Crippen MR) is 81.7 cm³/mol. The largest absolute Gasteiger partial charge is 0.507 e. The van der Waals surface area contributed by atoms with Crippen molar-refractivity contribution < 1.29 is 14.6 Å². The quantitative estimate of drug-likeness (QED) is 0.872. The highest BCUT2D eigenvalue weighted by atomic mass is 16.7. The molecule has 1 aliphatic heterocycles. The minimum atomic E-state index is 0.242. The third kappa shape index (κ3) is 3.43. The van der Waals surface area contributed by atoms with E-state index in [2.05, 4.69) is 12.2 Å². The van der Waals surface area contributed by atoms with Gasteiger partial charge in [-0.1, -0.05) is 26.2 Å². The molecular formula is C17H25NO3. The fourth-order valence-corrected chi connectivity index (χ4v) is 3.37. The van der Waals surface area contributed by atoms with E-state index in [1.165, 1.54) is 32.1 Å². The average Bonchev–Trinajstić information content (AvgIpc) is 2.95. The topological polar surface area (TPSA) is 50.7 Å². The van der Waals surface area contributed by atoms with Crippen molar-refractivity contribution in [3.63, 3.8) is 0 Å². The van der Waals surface area contributed by atoms with E-state index in [0.29, 0.717) is 12.3 Å². The maximum atomic E-state index is 10.0. The number of fused-ring (bicyclic) bond motifs is 1. The number of phenols is 1. The van der Waals surface area contributed by atoms with Gasteiger partial charge in [-0.2, -0.15) is 0 Å². The molecule has 2 N–H and O–H groups in total. The van der Waals surface area contributed by atoms with Gasteiger partial charge in [-0.05, 0) is 37.3 Å². The molecule has 4 nitrogen and oxygen atoms in total. The Morgan fingerprint density at radius 3 is 2.48 bits per heavy atom. The summed E-state index contributed by atoms with van der Waals surface area (Å²) >= 11 is 0. The molecule has 0 unspecified atom stereocenters. The van der Waals surface area contributed by atoms with Crippen LogP contribution in [0.1, 0.15) is 44.6 Å². The Hall–Kier alpha value is -1.42. The molecule has 0 spiro atoms. The van der Waals surface area contributed by atoms with E-state index >= 15 is 0 Å². The SMILES string of the molecule is CCC1CCC(CNCc2cc3c(cc2O)OCO3)CC1. The van der Waals surface area contributed by atoms with Crippen LogP contribution in [0, 0.1) is 11.8 Å². The third-order valence-corrected chi connectivity index (χ3v) is 4.87. The van der Waals surface area contributed by atoms with Gasteiger partial charge in [0.1, 0.15) is 5.75 Å². The summed E-state index contributed by atoms with van der Waals surface area (Å²) in [5, 5.41) is 13.5. The highest BCUT2D eigenvalue weighted by molar-refractivity contribution is 5.51. The zero-order chi connectivity index (χ0) is 14.7. The van der Waals surface area contributed by atoms with E-state index in [4.69, 9.17) is 9.47 Å². The van der Waals surface area contributed by atoms with Crippen LogP contribution in [0.2, 0.25) is 0 Å². The zero-order valence-corrected chi connectivity index (χ0v) is 12.7. The molecule has 0 amide bonds. The van der Waals surface area contributed by atoms with E-state index in [1.807, 2.05) is 6.07 Å². The predicted octanol–water partition coefficient (Wildman–Crippen LogP) is 3.43. The normalized spacial score (nSPS) is 24.2.